The van der Waals surface area contributed by atoms with E-state index >= 15 is 0 Å². The van der Waals surface area contributed by atoms with Crippen LogP contribution in [0.15, 0.2) is 41.4 Å². The normalized spacial score (nSPS) is 12.3. The Morgan fingerprint density at radius 3 is 3.06 bits per heavy atom. The van der Waals surface area contributed by atoms with Gasteiger partial charge in [0.05, 0.1) is 6.04 Å². The minimum absolute atomic E-state index is 0.289. The van der Waals surface area contributed by atoms with E-state index in [1.165, 1.54) is 0 Å². The summed E-state index contributed by atoms with van der Waals surface area (Å²) in [7, 11) is 0. The van der Waals surface area contributed by atoms with Gasteiger partial charge in [0, 0.05) is 11.4 Å². The topological polar surface area (TPSA) is 64.9 Å². The number of hydrogen-bond acceptors (Lipinski definition) is 4. The van der Waals surface area contributed by atoms with Crippen molar-refractivity contribution in [1.82, 2.24) is 10.1 Å². The largest absolute Gasteiger partial charge is 0.338 e. The molecule has 0 bridgehead atoms. The first-order valence-corrected chi connectivity index (χ1v) is 6.00. The summed E-state index contributed by atoms with van der Waals surface area (Å²) in [6, 6.07) is 7.27. The quantitative estimate of drug-likeness (QED) is 0.843. The van der Waals surface area contributed by atoms with Crippen LogP contribution in [-0.4, -0.2) is 10.1 Å². The molecule has 1 unspecified atom stereocenters. The molecule has 0 aliphatic heterocycles. The molecule has 2 N–H and O–H groups in total. The van der Waals surface area contributed by atoms with Crippen LogP contribution in [0.1, 0.15) is 29.7 Å². The molecule has 0 aliphatic carbocycles. The Labute approximate surface area is 110 Å². The smallest absolute Gasteiger partial charge is 0.243 e. The third-order valence-electron chi connectivity index (χ3n) is 2.47. The average molecular weight is 264 g/mol. The Kier molecular flexibility index (Phi) is 4.12. The lowest BCUT2D eigenvalue weighted by atomic mass is 10.1. The zero-order valence-electron chi connectivity index (χ0n) is 9.84. The van der Waals surface area contributed by atoms with Gasteiger partial charge < -0.3 is 10.3 Å². The van der Waals surface area contributed by atoms with Crippen LogP contribution in [0, 0.1) is 0 Å². The molecule has 0 amide bonds. The van der Waals surface area contributed by atoms with Crippen LogP contribution in [0.3, 0.4) is 0 Å². The first-order chi connectivity index (χ1) is 8.69. The molecule has 94 valence electrons. The number of hydrogen-bond donors (Lipinski definition) is 1. The summed E-state index contributed by atoms with van der Waals surface area (Å²) >= 11 is 5.91. The fourth-order valence-corrected chi connectivity index (χ4v) is 1.81. The monoisotopic (exact) mass is 263 g/mol. The van der Waals surface area contributed by atoms with Crippen LogP contribution in [0.25, 0.3) is 0 Å². The number of halogens is 1. The van der Waals surface area contributed by atoms with Crippen LogP contribution >= 0.6 is 11.6 Å². The van der Waals surface area contributed by atoms with Crippen molar-refractivity contribution in [3.63, 3.8) is 0 Å². The summed E-state index contributed by atoms with van der Waals surface area (Å²) in [5, 5.41) is 4.60. The number of nitrogens with zero attached hydrogens (tertiary/aromatic N) is 2. The highest BCUT2D eigenvalue weighted by Crippen LogP contribution is 2.16. The second kappa shape index (κ2) is 5.80. The summed E-state index contributed by atoms with van der Waals surface area (Å²) in [5.74, 6) is 1.04. The lowest BCUT2D eigenvalue weighted by molar-refractivity contribution is 0.352. The Balaban J connectivity index is 2.09. The van der Waals surface area contributed by atoms with Crippen molar-refractivity contribution < 1.29 is 4.52 Å². The third kappa shape index (κ3) is 3.18. The second-order valence-electron chi connectivity index (χ2n) is 3.99. The van der Waals surface area contributed by atoms with Gasteiger partial charge in [-0.1, -0.05) is 35.0 Å². The van der Waals surface area contributed by atoms with E-state index in [4.69, 9.17) is 21.9 Å². The molecule has 1 aromatic carbocycles. The van der Waals surface area contributed by atoms with Crippen molar-refractivity contribution in [3.05, 3.63) is 59.2 Å². The molecule has 1 heterocycles. The Hall–Kier alpha value is -1.65. The Morgan fingerprint density at radius 1 is 1.50 bits per heavy atom. The van der Waals surface area contributed by atoms with E-state index in [1.54, 1.807) is 6.08 Å². The molecular formula is C13H14ClN3O. The summed E-state index contributed by atoms with van der Waals surface area (Å²) < 4.78 is 5.11. The number of aromatic nitrogens is 2. The van der Waals surface area contributed by atoms with Crippen LogP contribution < -0.4 is 5.73 Å². The van der Waals surface area contributed by atoms with Gasteiger partial charge in [-0.15, -0.1) is 6.58 Å². The molecule has 1 aromatic heterocycles. The SMILES string of the molecule is C=CCC(N)c1nc(Cc2cccc(Cl)c2)no1. The van der Waals surface area contributed by atoms with Gasteiger partial charge in [0.15, 0.2) is 5.82 Å². The summed E-state index contributed by atoms with van der Waals surface area (Å²) in [5.41, 5.74) is 6.88. The minimum Gasteiger partial charge on any atom is -0.338 e. The van der Waals surface area contributed by atoms with Gasteiger partial charge in [0.2, 0.25) is 5.89 Å². The van der Waals surface area contributed by atoms with Crippen molar-refractivity contribution in [2.24, 2.45) is 5.73 Å². The van der Waals surface area contributed by atoms with E-state index in [9.17, 15) is 0 Å². The molecular weight excluding hydrogens is 250 g/mol. The summed E-state index contributed by atoms with van der Waals surface area (Å²) in [4.78, 5) is 4.26. The van der Waals surface area contributed by atoms with Gasteiger partial charge in [0.25, 0.3) is 0 Å². The molecule has 2 aromatic rings. The van der Waals surface area contributed by atoms with E-state index < -0.39 is 0 Å². The van der Waals surface area contributed by atoms with Crippen LogP contribution in [0.5, 0.6) is 0 Å². The highest BCUT2D eigenvalue weighted by atomic mass is 35.5. The third-order valence-corrected chi connectivity index (χ3v) is 2.71. The van der Waals surface area contributed by atoms with Crippen molar-refractivity contribution in [3.8, 4) is 0 Å². The highest BCUT2D eigenvalue weighted by Gasteiger charge is 2.13. The van der Waals surface area contributed by atoms with Crippen molar-refractivity contribution >= 4 is 11.6 Å². The molecule has 0 saturated heterocycles. The molecule has 5 heteroatoms. The minimum atomic E-state index is -0.289. The average Bonchev–Trinajstić information content (AvgIpc) is 2.78. The van der Waals surface area contributed by atoms with Gasteiger partial charge in [-0.2, -0.15) is 4.98 Å². The standard InChI is InChI=1S/C13H14ClN3O/c1-2-4-11(15)13-16-12(17-18-13)8-9-5-3-6-10(14)7-9/h2-3,5-7,11H,1,4,8,15H2. The fraction of sp³-hybridized carbons (Fsp3) is 0.231. The number of benzene rings is 1. The second-order valence-corrected chi connectivity index (χ2v) is 4.42. The number of rotatable bonds is 5. The lowest BCUT2D eigenvalue weighted by Crippen LogP contribution is -2.09. The van der Waals surface area contributed by atoms with Crippen molar-refractivity contribution in [2.45, 2.75) is 18.9 Å². The van der Waals surface area contributed by atoms with Gasteiger partial charge in [-0.25, -0.2) is 0 Å². The molecule has 0 spiro atoms. The van der Waals surface area contributed by atoms with Crippen molar-refractivity contribution in [1.29, 1.82) is 0 Å². The zero-order valence-corrected chi connectivity index (χ0v) is 10.6. The fourth-order valence-electron chi connectivity index (χ4n) is 1.60. The summed E-state index contributed by atoms with van der Waals surface area (Å²) in [6.45, 7) is 3.63. The molecule has 0 saturated carbocycles. The van der Waals surface area contributed by atoms with E-state index in [0.29, 0.717) is 29.6 Å². The zero-order chi connectivity index (χ0) is 13.0. The van der Waals surface area contributed by atoms with Crippen LogP contribution in [0.4, 0.5) is 0 Å². The van der Waals surface area contributed by atoms with Crippen LogP contribution in [0.2, 0.25) is 5.02 Å². The highest BCUT2D eigenvalue weighted by molar-refractivity contribution is 6.30. The Morgan fingerprint density at radius 2 is 2.33 bits per heavy atom. The van der Waals surface area contributed by atoms with E-state index in [2.05, 4.69) is 16.7 Å². The molecule has 0 radical (unpaired) electrons. The predicted octanol–water partition coefficient (Wildman–Crippen LogP) is 2.89. The maximum atomic E-state index is 5.91. The van der Waals surface area contributed by atoms with Crippen molar-refractivity contribution in [2.75, 3.05) is 0 Å². The first kappa shape index (κ1) is 12.8. The summed E-state index contributed by atoms with van der Waals surface area (Å²) in [6.07, 6.45) is 2.91. The number of nitrogens with two attached hydrogens (primary N) is 1. The maximum Gasteiger partial charge on any atom is 0.243 e. The van der Waals surface area contributed by atoms with Gasteiger partial charge in [0.1, 0.15) is 0 Å². The molecule has 4 nitrogen and oxygen atoms in total. The van der Waals surface area contributed by atoms with E-state index in [-0.39, 0.29) is 6.04 Å². The van der Waals surface area contributed by atoms with Gasteiger partial charge in [-0.05, 0) is 24.1 Å². The molecule has 1 atom stereocenters. The maximum absolute atomic E-state index is 5.91. The van der Waals surface area contributed by atoms with Gasteiger partial charge >= 0.3 is 0 Å². The first-order valence-electron chi connectivity index (χ1n) is 5.62. The molecule has 18 heavy (non-hydrogen) atoms. The lowest BCUT2D eigenvalue weighted by Gasteiger charge is -2.00. The van der Waals surface area contributed by atoms with E-state index in [0.717, 1.165) is 5.56 Å². The molecule has 0 aliphatic rings. The predicted molar refractivity (Wildman–Crippen MR) is 70.3 cm³/mol. The van der Waals surface area contributed by atoms with Gasteiger partial charge in [-0.3, -0.25) is 0 Å². The van der Waals surface area contributed by atoms with Crippen LogP contribution in [-0.2, 0) is 6.42 Å². The van der Waals surface area contributed by atoms with E-state index in [1.807, 2.05) is 24.3 Å². The molecule has 2 rings (SSSR count). The molecule has 0 fully saturated rings. The Bertz CT molecular complexity index is 539.